The molecule has 10 heteroatoms. The minimum atomic E-state index is -0.388. The number of hydrazone groups is 1. The van der Waals surface area contributed by atoms with Crippen molar-refractivity contribution in [3.05, 3.63) is 56.5 Å². The zero-order valence-electron chi connectivity index (χ0n) is 17.1. The molecule has 32 heavy (non-hydrogen) atoms. The molecule has 0 aromatic heterocycles. The highest BCUT2D eigenvalue weighted by Gasteiger charge is 2.12. The molecule has 0 atom stereocenters. The van der Waals surface area contributed by atoms with Gasteiger partial charge in [-0.2, -0.15) is 5.10 Å². The molecule has 0 bridgehead atoms. The molecule has 0 aliphatic rings. The Kier molecular flexibility index (Phi) is 10.2. The van der Waals surface area contributed by atoms with E-state index in [0.29, 0.717) is 39.3 Å². The molecular weight excluding hydrogens is 477 g/mol. The number of halogens is 3. The lowest BCUT2D eigenvalue weighted by molar-refractivity contribution is -0.120. The van der Waals surface area contributed by atoms with Crippen molar-refractivity contribution in [3.63, 3.8) is 0 Å². The van der Waals surface area contributed by atoms with E-state index in [-0.39, 0.29) is 36.4 Å². The number of terminal acetylenes is 1. The fraction of sp³-hybridized carbons (Fsp3) is 0.227. The third-order valence-corrected chi connectivity index (χ3v) is 4.87. The lowest BCUT2D eigenvalue weighted by Gasteiger charge is -2.12. The Bertz CT molecular complexity index is 1050. The van der Waals surface area contributed by atoms with Gasteiger partial charge >= 0.3 is 0 Å². The van der Waals surface area contributed by atoms with E-state index in [0.717, 1.165) is 0 Å². The van der Waals surface area contributed by atoms with Crippen molar-refractivity contribution in [2.45, 2.75) is 13.3 Å². The van der Waals surface area contributed by atoms with Gasteiger partial charge in [-0.25, -0.2) is 5.43 Å². The number of ether oxygens (including phenoxy) is 2. The Balaban J connectivity index is 1.88. The molecule has 2 rings (SSSR count). The second-order valence-corrected chi connectivity index (χ2v) is 7.41. The summed E-state index contributed by atoms with van der Waals surface area (Å²) in [5.41, 5.74) is 3.31. The number of rotatable bonds is 10. The highest BCUT2D eigenvalue weighted by molar-refractivity contribution is 6.42. The lowest BCUT2D eigenvalue weighted by Crippen LogP contribution is -2.29. The van der Waals surface area contributed by atoms with Crippen molar-refractivity contribution in [3.8, 4) is 23.8 Å². The quantitative estimate of drug-likeness (QED) is 0.291. The van der Waals surface area contributed by atoms with E-state index in [1.54, 1.807) is 18.2 Å². The summed E-state index contributed by atoms with van der Waals surface area (Å²) in [6.07, 6.45) is 6.64. The standard InChI is InChI=1S/C22H20Cl3N3O4/c1-3-9-32-21-18(25)10-14(11-19(21)31-4-2)13-27-28-20(29)7-8-26-22(30)15-5-6-16(23)17(24)12-15/h1,5-6,10-13H,4,7-9H2,2H3,(H,26,30)(H,28,29). The second-order valence-electron chi connectivity index (χ2n) is 6.18. The average Bonchev–Trinajstić information content (AvgIpc) is 2.75. The minimum absolute atomic E-state index is 0.0220. The predicted octanol–water partition coefficient (Wildman–Crippen LogP) is 4.33. The Hall–Kier alpha value is -2.92. The van der Waals surface area contributed by atoms with Crippen LogP contribution >= 0.6 is 34.8 Å². The van der Waals surface area contributed by atoms with E-state index in [9.17, 15) is 9.59 Å². The lowest BCUT2D eigenvalue weighted by atomic mass is 10.2. The van der Waals surface area contributed by atoms with Gasteiger partial charge in [-0.15, -0.1) is 6.42 Å². The average molecular weight is 497 g/mol. The van der Waals surface area contributed by atoms with E-state index in [1.807, 2.05) is 6.92 Å². The maximum absolute atomic E-state index is 12.1. The molecule has 2 aromatic carbocycles. The van der Waals surface area contributed by atoms with E-state index in [4.69, 9.17) is 50.7 Å². The number of nitrogens with one attached hydrogen (secondary N) is 2. The molecule has 0 aliphatic carbocycles. The molecule has 168 valence electrons. The Morgan fingerprint density at radius 3 is 2.59 bits per heavy atom. The van der Waals surface area contributed by atoms with Gasteiger partial charge in [0.05, 0.1) is 27.9 Å². The maximum atomic E-state index is 12.1. The molecular formula is C22H20Cl3N3O4. The van der Waals surface area contributed by atoms with Gasteiger partial charge in [-0.3, -0.25) is 9.59 Å². The number of hydrogen-bond acceptors (Lipinski definition) is 5. The molecule has 7 nitrogen and oxygen atoms in total. The number of benzene rings is 2. The van der Waals surface area contributed by atoms with Crippen LogP contribution in [0.3, 0.4) is 0 Å². The minimum Gasteiger partial charge on any atom is -0.490 e. The molecule has 0 saturated carbocycles. The molecule has 0 saturated heterocycles. The first-order valence-electron chi connectivity index (χ1n) is 9.43. The second kappa shape index (κ2) is 12.8. The third-order valence-electron chi connectivity index (χ3n) is 3.85. The summed E-state index contributed by atoms with van der Waals surface area (Å²) in [6, 6.07) is 7.78. The SMILES string of the molecule is C#CCOc1c(Cl)cc(C=NNC(=O)CCNC(=O)c2ccc(Cl)c(Cl)c2)cc1OCC. The van der Waals surface area contributed by atoms with Crippen LogP contribution in [-0.4, -0.2) is 37.8 Å². The summed E-state index contributed by atoms with van der Waals surface area (Å²) in [5.74, 6) is 2.35. The van der Waals surface area contributed by atoms with Gasteiger partial charge in [0.2, 0.25) is 5.91 Å². The van der Waals surface area contributed by atoms with Crippen LogP contribution in [0, 0.1) is 12.3 Å². The summed E-state index contributed by atoms with van der Waals surface area (Å²) in [4.78, 5) is 24.0. The largest absolute Gasteiger partial charge is 0.490 e. The molecule has 0 aliphatic heterocycles. The summed E-state index contributed by atoms with van der Waals surface area (Å²) >= 11 is 18.0. The van der Waals surface area contributed by atoms with Crippen molar-refractivity contribution < 1.29 is 19.1 Å². The van der Waals surface area contributed by atoms with Crippen LogP contribution in [0.2, 0.25) is 15.1 Å². The van der Waals surface area contributed by atoms with E-state index >= 15 is 0 Å². The molecule has 0 radical (unpaired) electrons. The monoisotopic (exact) mass is 495 g/mol. The fourth-order valence-electron chi connectivity index (χ4n) is 2.44. The fourth-order valence-corrected chi connectivity index (χ4v) is 3.01. The summed E-state index contributed by atoms with van der Waals surface area (Å²) in [6.45, 7) is 2.38. The first-order chi connectivity index (χ1) is 15.3. The zero-order valence-corrected chi connectivity index (χ0v) is 19.4. The van der Waals surface area contributed by atoms with E-state index in [1.165, 1.54) is 18.3 Å². The Morgan fingerprint density at radius 2 is 1.91 bits per heavy atom. The topological polar surface area (TPSA) is 89.0 Å². The van der Waals surface area contributed by atoms with Crippen LogP contribution in [-0.2, 0) is 4.79 Å². The van der Waals surface area contributed by atoms with Gasteiger partial charge in [-0.1, -0.05) is 40.7 Å². The van der Waals surface area contributed by atoms with Crippen LogP contribution < -0.4 is 20.2 Å². The smallest absolute Gasteiger partial charge is 0.251 e. The number of carbonyl (C=O) groups is 2. The van der Waals surface area contributed by atoms with Crippen molar-refractivity contribution >= 4 is 52.8 Å². The van der Waals surface area contributed by atoms with Gasteiger partial charge in [0.25, 0.3) is 5.91 Å². The molecule has 0 fully saturated rings. The van der Waals surface area contributed by atoms with Gasteiger partial charge in [-0.05, 0) is 42.8 Å². The van der Waals surface area contributed by atoms with Crippen molar-refractivity contribution in [2.75, 3.05) is 19.8 Å². The molecule has 2 aromatic rings. The van der Waals surface area contributed by atoms with Gasteiger partial charge in [0, 0.05) is 18.5 Å². The first-order valence-corrected chi connectivity index (χ1v) is 10.6. The number of hydrogen-bond donors (Lipinski definition) is 2. The predicted molar refractivity (Wildman–Crippen MR) is 126 cm³/mol. The zero-order chi connectivity index (χ0) is 23.5. The molecule has 2 amide bonds. The van der Waals surface area contributed by atoms with Crippen molar-refractivity contribution in [2.24, 2.45) is 5.10 Å². The molecule has 0 heterocycles. The van der Waals surface area contributed by atoms with Crippen molar-refractivity contribution in [1.29, 1.82) is 0 Å². The summed E-state index contributed by atoms with van der Waals surface area (Å²) in [5, 5.41) is 7.44. The number of nitrogens with zero attached hydrogens (tertiary/aromatic N) is 1. The van der Waals surface area contributed by atoms with E-state index < -0.39 is 0 Å². The van der Waals surface area contributed by atoms with E-state index in [2.05, 4.69) is 21.8 Å². The molecule has 0 spiro atoms. The highest BCUT2D eigenvalue weighted by Crippen LogP contribution is 2.36. The number of amides is 2. The van der Waals surface area contributed by atoms with Crippen LogP contribution in [0.4, 0.5) is 0 Å². The van der Waals surface area contributed by atoms with Crippen LogP contribution in [0.5, 0.6) is 11.5 Å². The molecule has 0 unspecified atom stereocenters. The van der Waals surface area contributed by atoms with Gasteiger partial charge in [0.15, 0.2) is 11.5 Å². The Morgan fingerprint density at radius 1 is 1.12 bits per heavy atom. The first kappa shape index (κ1) is 25.3. The number of carbonyl (C=O) groups excluding carboxylic acids is 2. The van der Waals surface area contributed by atoms with Crippen LogP contribution in [0.15, 0.2) is 35.4 Å². The molecule has 2 N–H and O–H groups in total. The maximum Gasteiger partial charge on any atom is 0.251 e. The Labute approximate surface area is 201 Å². The highest BCUT2D eigenvalue weighted by atomic mass is 35.5. The summed E-state index contributed by atoms with van der Waals surface area (Å²) in [7, 11) is 0. The van der Waals surface area contributed by atoms with Gasteiger partial charge < -0.3 is 14.8 Å². The van der Waals surface area contributed by atoms with Gasteiger partial charge in [0.1, 0.15) is 6.61 Å². The van der Waals surface area contributed by atoms with Crippen LogP contribution in [0.1, 0.15) is 29.3 Å². The summed E-state index contributed by atoms with van der Waals surface area (Å²) < 4.78 is 10.9. The van der Waals surface area contributed by atoms with Crippen molar-refractivity contribution in [1.82, 2.24) is 10.7 Å². The normalized spacial score (nSPS) is 10.5. The van der Waals surface area contributed by atoms with Crippen LogP contribution in [0.25, 0.3) is 0 Å². The third kappa shape index (κ3) is 7.65.